The van der Waals surface area contributed by atoms with Gasteiger partial charge < -0.3 is 11.1 Å². The first-order chi connectivity index (χ1) is 19.3. The molecule has 3 aromatic carbocycles. The van der Waals surface area contributed by atoms with Crippen LogP contribution in [-0.4, -0.2) is 36.4 Å². The van der Waals surface area contributed by atoms with Crippen LogP contribution >= 0.6 is 23.2 Å². The summed E-state index contributed by atoms with van der Waals surface area (Å²) >= 11 is 12.2. The summed E-state index contributed by atoms with van der Waals surface area (Å²) in [5.74, 6) is -1.01. The molecule has 1 atom stereocenters. The minimum atomic E-state index is -0.930. The summed E-state index contributed by atoms with van der Waals surface area (Å²) < 4.78 is 2.73. The molecule has 0 saturated carbocycles. The maximum absolute atomic E-state index is 13.5. The zero-order valence-corrected chi connectivity index (χ0v) is 22.3. The van der Waals surface area contributed by atoms with Crippen molar-refractivity contribution in [2.45, 2.75) is 12.5 Å². The average molecular weight is 574 g/mol. The molecule has 2 aromatic heterocycles. The lowest BCUT2D eigenvalue weighted by molar-refractivity contribution is -0.119. The summed E-state index contributed by atoms with van der Waals surface area (Å²) in [6.45, 7) is 0. The molecule has 0 fully saturated rings. The van der Waals surface area contributed by atoms with Crippen LogP contribution in [0.15, 0.2) is 96.2 Å². The van der Waals surface area contributed by atoms with Gasteiger partial charge in [-0.25, -0.2) is 9.67 Å². The third kappa shape index (κ3) is 5.93. The van der Waals surface area contributed by atoms with Gasteiger partial charge >= 0.3 is 0 Å². The van der Waals surface area contributed by atoms with Gasteiger partial charge in [0.1, 0.15) is 6.04 Å². The molecule has 200 valence electrons. The molecular weight excluding hydrogens is 553 g/mol. The number of rotatable bonds is 8. The van der Waals surface area contributed by atoms with Crippen LogP contribution in [0.1, 0.15) is 22.0 Å². The van der Waals surface area contributed by atoms with E-state index in [1.807, 2.05) is 30.3 Å². The van der Waals surface area contributed by atoms with Crippen molar-refractivity contribution < 1.29 is 9.59 Å². The molecule has 3 N–H and O–H groups in total. The van der Waals surface area contributed by atoms with Gasteiger partial charge in [0.25, 0.3) is 5.56 Å². The van der Waals surface area contributed by atoms with E-state index in [1.54, 1.807) is 30.3 Å². The normalized spacial score (nSPS) is 11.7. The van der Waals surface area contributed by atoms with Crippen molar-refractivity contribution in [2.75, 3.05) is 5.32 Å². The van der Waals surface area contributed by atoms with Gasteiger partial charge in [-0.1, -0.05) is 58.7 Å². The second kappa shape index (κ2) is 11.5. The molecular formula is C28H21Cl2N7O3. The second-order valence-electron chi connectivity index (χ2n) is 8.80. The maximum Gasteiger partial charge on any atom is 0.254 e. The van der Waals surface area contributed by atoms with Crippen molar-refractivity contribution in [2.24, 2.45) is 5.73 Å². The van der Waals surface area contributed by atoms with Gasteiger partial charge in [0.2, 0.25) is 11.8 Å². The Hall–Kier alpha value is -4.80. The Morgan fingerprint density at radius 1 is 0.975 bits per heavy atom. The Kier molecular flexibility index (Phi) is 7.72. The number of nitrogens with two attached hydrogens (primary N) is 1. The van der Waals surface area contributed by atoms with E-state index in [0.29, 0.717) is 33.2 Å². The second-order valence-corrected chi connectivity index (χ2v) is 9.63. The smallest absolute Gasteiger partial charge is 0.254 e. The summed E-state index contributed by atoms with van der Waals surface area (Å²) in [6, 6.07) is 20.9. The van der Waals surface area contributed by atoms with Crippen molar-refractivity contribution in [3.05, 3.63) is 123 Å². The molecule has 40 heavy (non-hydrogen) atoms. The van der Waals surface area contributed by atoms with Crippen molar-refractivity contribution in [3.63, 3.8) is 0 Å². The number of benzene rings is 3. The fourth-order valence-electron chi connectivity index (χ4n) is 4.16. The van der Waals surface area contributed by atoms with Crippen molar-refractivity contribution in [3.8, 4) is 16.9 Å². The number of halogens is 2. The van der Waals surface area contributed by atoms with Gasteiger partial charge in [-0.2, -0.15) is 0 Å². The number of nitrogens with zero attached hydrogens (tertiary/aromatic N) is 5. The van der Waals surface area contributed by atoms with E-state index in [2.05, 4.69) is 20.6 Å². The lowest BCUT2D eigenvalue weighted by Crippen LogP contribution is -2.34. The minimum absolute atomic E-state index is 0.198. The Morgan fingerprint density at radius 2 is 1.73 bits per heavy atom. The van der Waals surface area contributed by atoms with Gasteiger partial charge in [0.05, 0.1) is 23.9 Å². The summed E-state index contributed by atoms with van der Waals surface area (Å²) in [5.41, 5.74) is 7.87. The van der Waals surface area contributed by atoms with Crippen LogP contribution in [0.4, 0.5) is 5.69 Å². The zero-order chi connectivity index (χ0) is 28.2. The molecule has 2 heterocycles. The monoisotopic (exact) mass is 573 g/mol. The van der Waals surface area contributed by atoms with Gasteiger partial charge in [-0.3, -0.25) is 19.0 Å². The first kappa shape index (κ1) is 26.8. The lowest BCUT2D eigenvalue weighted by Gasteiger charge is -2.20. The molecule has 10 nitrogen and oxygen atoms in total. The fourth-order valence-corrected chi connectivity index (χ4v) is 4.46. The highest BCUT2D eigenvalue weighted by molar-refractivity contribution is 6.31. The molecule has 0 radical (unpaired) electrons. The highest BCUT2D eigenvalue weighted by Crippen LogP contribution is 2.28. The van der Waals surface area contributed by atoms with Crippen molar-refractivity contribution >= 4 is 40.7 Å². The third-order valence-electron chi connectivity index (χ3n) is 6.13. The molecule has 0 aliphatic heterocycles. The third-order valence-corrected chi connectivity index (χ3v) is 6.54. The van der Waals surface area contributed by atoms with Crippen LogP contribution in [0, 0.1) is 0 Å². The number of carbonyl (C=O) groups is 2. The number of hydrogen-bond donors (Lipinski definition) is 2. The highest BCUT2D eigenvalue weighted by Gasteiger charge is 2.24. The predicted molar refractivity (Wildman–Crippen MR) is 152 cm³/mol. The quantitative estimate of drug-likeness (QED) is 0.283. The zero-order valence-electron chi connectivity index (χ0n) is 20.7. The van der Waals surface area contributed by atoms with E-state index in [1.165, 1.54) is 40.0 Å². The minimum Gasteiger partial charge on any atom is -0.366 e. The van der Waals surface area contributed by atoms with Gasteiger partial charge in [-0.05, 0) is 48.0 Å². The van der Waals surface area contributed by atoms with Crippen LogP contribution in [0.25, 0.3) is 16.9 Å². The average Bonchev–Trinajstić information content (AvgIpc) is 3.38. The number of primary amides is 1. The number of anilines is 1. The Bertz CT molecular complexity index is 1750. The van der Waals surface area contributed by atoms with Crippen LogP contribution in [0.2, 0.25) is 10.2 Å². The number of nitrogens with one attached hydrogen (secondary N) is 1. The van der Waals surface area contributed by atoms with E-state index >= 15 is 0 Å². The molecule has 5 aromatic rings. The molecule has 5 rings (SSSR count). The molecule has 0 aliphatic rings. The van der Waals surface area contributed by atoms with E-state index < -0.39 is 23.4 Å². The van der Waals surface area contributed by atoms with Crippen LogP contribution in [0.3, 0.4) is 0 Å². The summed E-state index contributed by atoms with van der Waals surface area (Å²) in [6.07, 6.45) is 3.08. The number of amides is 2. The topological polar surface area (TPSA) is 138 Å². The van der Waals surface area contributed by atoms with Crippen molar-refractivity contribution in [1.29, 1.82) is 0 Å². The van der Waals surface area contributed by atoms with Gasteiger partial charge in [0, 0.05) is 34.3 Å². The maximum atomic E-state index is 13.5. The molecule has 12 heteroatoms. The number of hydrogen-bond acceptors (Lipinski definition) is 6. The Labute approximate surface area is 238 Å². The van der Waals surface area contributed by atoms with Gasteiger partial charge in [0.15, 0.2) is 5.15 Å². The van der Waals surface area contributed by atoms with Crippen LogP contribution in [0.5, 0.6) is 0 Å². The molecule has 0 bridgehead atoms. The number of aromatic nitrogens is 5. The first-order valence-corrected chi connectivity index (χ1v) is 12.7. The molecule has 0 spiro atoms. The van der Waals surface area contributed by atoms with E-state index in [-0.39, 0.29) is 11.6 Å². The first-order valence-electron chi connectivity index (χ1n) is 12.0. The van der Waals surface area contributed by atoms with E-state index in [0.717, 1.165) is 5.56 Å². The van der Waals surface area contributed by atoms with Crippen LogP contribution < -0.4 is 16.6 Å². The Balaban J connectivity index is 1.51. The lowest BCUT2D eigenvalue weighted by atomic mass is 10.0. The van der Waals surface area contributed by atoms with Gasteiger partial charge in [-0.15, -0.1) is 5.10 Å². The van der Waals surface area contributed by atoms with E-state index in [9.17, 15) is 14.4 Å². The number of carbonyl (C=O) groups excluding carboxylic acids is 2. The molecule has 1 unspecified atom stereocenters. The molecule has 2 amide bonds. The summed E-state index contributed by atoms with van der Waals surface area (Å²) in [4.78, 5) is 42.8. The largest absolute Gasteiger partial charge is 0.366 e. The Morgan fingerprint density at radius 3 is 2.38 bits per heavy atom. The van der Waals surface area contributed by atoms with E-state index in [4.69, 9.17) is 28.9 Å². The molecule has 0 saturated heterocycles. The predicted octanol–water partition coefficient (Wildman–Crippen LogP) is 4.32. The summed E-state index contributed by atoms with van der Waals surface area (Å²) in [5, 5.41) is 11.2. The fraction of sp³-hybridized carbons (Fsp3) is 0.0714. The highest BCUT2D eigenvalue weighted by atomic mass is 35.5. The SMILES string of the molecule is NC(=O)c1ccc(NC(=O)C(Cc2ccccc2)n2cnc(-c3cc(Cl)ccc3-n3cc(Cl)nn3)cc2=O)cc1. The summed E-state index contributed by atoms with van der Waals surface area (Å²) in [7, 11) is 0. The standard InChI is InChI=1S/C28H21Cl2N7O3/c29-19-8-11-23(37-15-25(30)34-35-37)21(13-19)22-14-26(38)36(16-32-22)24(12-17-4-2-1-3-5-17)28(40)33-20-9-6-18(7-10-20)27(31)39/h1-11,13-16,24H,12H2,(H2,31,39)(H,33,40). The van der Waals surface area contributed by atoms with Crippen LogP contribution in [-0.2, 0) is 11.2 Å². The molecule has 0 aliphatic carbocycles. The van der Waals surface area contributed by atoms with Crippen molar-refractivity contribution in [1.82, 2.24) is 24.5 Å².